The number of rotatable bonds is 7. The number of amides is 1. The van der Waals surface area contributed by atoms with Crippen LogP contribution in [0.15, 0.2) is 42.5 Å². The fraction of sp³-hybridized carbons (Fsp3) is 0.286. The topological polar surface area (TPSA) is 82.1 Å². The van der Waals surface area contributed by atoms with Gasteiger partial charge in [-0.05, 0) is 30.3 Å². The molecule has 1 heterocycles. The number of para-hydroxylation sites is 1. The Labute approximate surface area is 167 Å². The van der Waals surface area contributed by atoms with Crippen LogP contribution in [0, 0.1) is 11.7 Å². The summed E-state index contributed by atoms with van der Waals surface area (Å²) in [7, 11) is 2.93. The number of ether oxygens (including phenoxy) is 3. The molecule has 1 saturated heterocycles. The van der Waals surface area contributed by atoms with Gasteiger partial charge >= 0.3 is 5.97 Å². The molecule has 0 spiro atoms. The molecule has 1 fully saturated rings. The Hall–Kier alpha value is -3.42. The number of esters is 1. The lowest BCUT2D eigenvalue weighted by molar-refractivity contribution is -0.147. The third-order valence-corrected chi connectivity index (χ3v) is 4.65. The van der Waals surface area contributed by atoms with Gasteiger partial charge in [0.1, 0.15) is 5.82 Å². The van der Waals surface area contributed by atoms with Crippen LogP contribution in [-0.2, 0) is 14.3 Å². The normalized spacial score (nSPS) is 15.9. The zero-order valence-electron chi connectivity index (χ0n) is 16.0. The minimum atomic E-state index is -0.764. The SMILES string of the molecule is COc1ccc(C(=O)COC(=O)[C@@H]2CC(=O)N(c3ccccc3F)C2)cc1OC. The lowest BCUT2D eigenvalue weighted by Gasteiger charge is -2.17. The van der Waals surface area contributed by atoms with E-state index in [2.05, 4.69) is 0 Å². The largest absolute Gasteiger partial charge is 0.493 e. The van der Waals surface area contributed by atoms with E-state index in [1.54, 1.807) is 12.1 Å². The van der Waals surface area contributed by atoms with E-state index in [4.69, 9.17) is 14.2 Å². The smallest absolute Gasteiger partial charge is 0.311 e. The van der Waals surface area contributed by atoms with Crippen LogP contribution in [-0.4, -0.2) is 45.0 Å². The standard InChI is InChI=1S/C21H20FNO6/c1-27-18-8-7-13(9-19(18)28-2)17(24)12-29-21(26)14-10-20(25)23(11-14)16-6-4-3-5-15(16)22/h3-9,14H,10-12H2,1-2H3/t14-/m1/s1. The van der Waals surface area contributed by atoms with Gasteiger partial charge in [0.15, 0.2) is 23.9 Å². The van der Waals surface area contributed by atoms with E-state index in [0.717, 1.165) is 0 Å². The van der Waals surface area contributed by atoms with Crippen molar-refractivity contribution in [1.29, 1.82) is 0 Å². The predicted molar refractivity (Wildman–Crippen MR) is 102 cm³/mol. The first kappa shape index (κ1) is 20.3. The third-order valence-electron chi connectivity index (χ3n) is 4.65. The number of carbonyl (C=O) groups excluding carboxylic acids is 3. The highest BCUT2D eigenvalue weighted by molar-refractivity contribution is 6.01. The Morgan fingerprint density at radius 3 is 2.52 bits per heavy atom. The van der Waals surface area contributed by atoms with Crippen molar-refractivity contribution in [3.63, 3.8) is 0 Å². The highest BCUT2D eigenvalue weighted by Gasteiger charge is 2.37. The first-order chi connectivity index (χ1) is 13.9. The first-order valence-electron chi connectivity index (χ1n) is 8.91. The molecule has 3 rings (SSSR count). The molecule has 2 aromatic rings. The Balaban J connectivity index is 1.60. The molecule has 1 aliphatic rings. The van der Waals surface area contributed by atoms with E-state index in [-0.39, 0.29) is 24.6 Å². The van der Waals surface area contributed by atoms with Crippen molar-refractivity contribution < 1.29 is 33.0 Å². The second-order valence-electron chi connectivity index (χ2n) is 6.46. The van der Waals surface area contributed by atoms with Crippen LogP contribution in [0.2, 0.25) is 0 Å². The van der Waals surface area contributed by atoms with E-state index in [9.17, 15) is 18.8 Å². The Morgan fingerprint density at radius 1 is 1.10 bits per heavy atom. The zero-order valence-corrected chi connectivity index (χ0v) is 16.0. The van der Waals surface area contributed by atoms with Crippen LogP contribution in [0.1, 0.15) is 16.8 Å². The van der Waals surface area contributed by atoms with Crippen LogP contribution in [0.3, 0.4) is 0 Å². The summed E-state index contributed by atoms with van der Waals surface area (Å²) in [5.41, 5.74) is 0.417. The molecule has 1 amide bonds. The van der Waals surface area contributed by atoms with Gasteiger partial charge in [0.25, 0.3) is 0 Å². The van der Waals surface area contributed by atoms with Crippen molar-refractivity contribution in [3.8, 4) is 11.5 Å². The van der Waals surface area contributed by atoms with E-state index in [1.165, 1.54) is 49.5 Å². The molecule has 0 aromatic heterocycles. The molecule has 0 saturated carbocycles. The Bertz CT molecular complexity index is 945. The van der Waals surface area contributed by atoms with Gasteiger partial charge in [-0.25, -0.2) is 4.39 Å². The Morgan fingerprint density at radius 2 is 1.83 bits per heavy atom. The summed E-state index contributed by atoms with van der Waals surface area (Å²) in [5, 5.41) is 0. The van der Waals surface area contributed by atoms with Crippen LogP contribution >= 0.6 is 0 Å². The Kier molecular flexibility index (Phi) is 6.11. The van der Waals surface area contributed by atoms with Gasteiger partial charge in [-0.1, -0.05) is 12.1 Å². The van der Waals surface area contributed by atoms with E-state index in [0.29, 0.717) is 17.1 Å². The molecular formula is C21H20FNO6. The first-order valence-corrected chi connectivity index (χ1v) is 8.91. The highest BCUT2D eigenvalue weighted by atomic mass is 19.1. The maximum atomic E-state index is 13.9. The molecule has 0 aliphatic carbocycles. The zero-order chi connectivity index (χ0) is 21.0. The lowest BCUT2D eigenvalue weighted by atomic mass is 10.1. The van der Waals surface area contributed by atoms with E-state index in [1.807, 2.05) is 0 Å². The van der Waals surface area contributed by atoms with Crippen molar-refractivity contribution in [2.24, 2.45) is 5.92 Å². The highest BCUT2D eigenvalue weighted by Crippen LogP contribution is 2.29. The fourth-order valence-corrected chi connectivity index (χ4v) is 3.12. The predicted octanol–water partition coefficient (Wildman–Crippen LogP) is 2.62. The molecule has 0 bridgehead atoms. The second-order valence-corrected chi connectivity index (χ2v) is 6.46. The van der Waals surface area contributed by atoms with E-state index < -0.39 is 30.1 Å². The van der Waals surface area contributed by atoms with Crippen LogP contribution in [0.4, 0.5) is 10.1 Å². The van der Waals surface area contributed by atoms with Gasteiger partial charge < -0.3 is 19.1 Å². The van der Waals surface area contributed by atoms with Crippen LogP contribution in [0.25, 0.3) is 0 Å². The maximum Gasteiger partial charge on any atom is 0.311 e. The summed E-state index contributed by atoms with van der Waals surface area (Å²) in [6.45, 7) is -0.470. The number of halogens is 1. The van der Waals surface area contributed by atoms with Gasteiger partial charge in [0, 0.05) is 18.5 Å². The molecule has 0 unspecified atom stereocenters. The summed E-state index contributed by atoms with van der Waals surface area (Å²) in [6, 6.07) is 10.5. The summed E-state index contributed by atoms with van der Waals surface area (Å²) < 4.78 is 29.3. The lowest BCUT2D eigenvalue weighted by Crippen LogP contribution is -2.27. The number of hydrogen-bond donors (Lipinski definition) is 0. The number of ketones is 1. The van der Waals surface area contributed by atoms with Gasteiger partial charge in [-0.15, -0.1) is 0 Å². The molecule has 152 valence electrons. The molecule has 0 radical (unpaired) electrons. The molecule has 0 N–H and O–H groups in total. The van der Waals surface area contributed by atoms with Crippen molar-refractivity contribution >= 4 is 23.3 Å². The molecule has 1 aliphatic heterocycles. The molecule has 29 heavy (non-hydrogen) atoms. The monoisotopic (exact) mass is 401 g/mol. The molecule has 7 nitrogen and oxygen atoms in total. The average Bonchev–Trinajstić information content (AvgIpc) is 3.13. The quantitative estimate of drug-likeness (QED) is 0.524. The summed E-state index contributed by atoms with van der Waals surface area (Å²) >= 11 is 0. The van der Waals surface area contributed by atoms with Gasteiger partial charge in [0.05, 0.1) is 25.8 Å². The number of methoxy groups -OCH3 is 2. The van der Waals surface area contributed by atoms with Gasteiger partial charge in [0.2, 0.25) is 5.91 Å². The third kappa shape index (κ3) is 4.37. The van der Waals surface area contributed by atoms with Crippen molar-refractivity contribution in [2.45, 2.75) is 6.42 Å². The summed E-state index contributed by atoms with van der Waals surface area (Å²) in [4.78, 5) is 38.1. The number of carbonyl (C=O) groups is 3. The van der Waals surface area contributed by atoms with Crippen LogP contribution < -0.4 is 14.4 Å². The molecular weight excluding hydrogens is 381 g/mol. The second kappa shape index (κ2) is 8.72. The summed E-state index contributed by atoms with van der Waals surface area (Å²) in [5.74, 6) is -1.92. The van der Waals surface area contributed by atoms with Gasteiger partial charge in [-0.2, -0.15) is 0 Å². The number of Topliss-reactive ketones (excluding diaryl/α,β-unsaturated/α-hetero) is 1. The maximum absolute atomic E-state index is 13.9. The average molecular weight is 401 g/mol. The van der Waals surface area contributed by atoms with Crippen molar-refractivity contribution in [3.05, 3.63) is 53.8 Å². The van der Waals surface area contributed by atoms with Gasteiger partial charge in [-0.3, -0.25) is 14.4 Å². The molecule has 1 atom stereocenters. The summed E-state index contributed by atoms with van der Waals surface area (Å²) in [6.07, 6.45) is -0.0995. The van der Waals surface area contributed by atoms with E-state index >= 15 is 0 Å². The van der Waals surface area contributed by atoms with Crippen molar-refractivity contribution in [1.82, 2.24) is 0 Å². The van der Waals surface area contributed by atoms with Crippen LogP contribution in [0.5, 0.6) is 11.5 Å². The molecule has 2 aromatic carbocycles. The molecule has 8 heteroatoms. The number of nitrogens with zero attached hydrogens (tertiary/aromatic N) is 1. The number of benzene rings is 2. The fourth-order valence-electron chi connectivity index (χ4n) is 3.12. The minimum Gasteiger partial charge on any atom is -0.493 e. The number of anilines is 1. The van der Waals surface area contributed by atoms with Crippen molar-refractivity contribution in [2.75, 3.05) is 32.3 Å². The minimum absolute atomic E-state index is 0.00312. The number of hydrogen-bond acceptors (Lipinski definition) is 6.